The second-order valence-corrected chi connectivity index (χ2v) is 4.97. The second kappa shape index (κ2) is 7.07. The molecule has 2 heterocycles. The fraction of sp³-hybridized carbons (Fsp3) is 0.615. The third-order valence-corrected chi connectivity index (χ3v) is 3.46. The quantitative estimate of drug-likeness (QED) is 0.720. The summed E-state index contributed by atoms with van der Waals surface area (Å²) >= 11 is 0. The molecule has 2 unspecified atom stereocenters. The van der Waals surface area contributed by atoms with Gasteiger partial charge in [0.25, 0.3) is 0 Å². The average Bonchev–Trinajstić information content (AvgIpc) is 2.99. The summed E-state index contributed by atoms with van der Waals surface area (Å²) in [5.74, 6) is -1.07. The minimum absolute atomic E-state index is 0.0142. The number of nitrogens with one attached hydrogen (secondary N) is 2. The van der Waals surface area contributed by atoms with Crippen LogP contribution in [0.25, 0.3) is 0 Å². The number of rotatable bonds is 5. The van der Waals surface area contributed by atoms with Crippen molar-refractivity contribution in [3.05, 3.63) is 18.2 Å². The Labute approximate surface area is 122 Å². The Morgan fingerprint density at radius 1 is 1.67 bits per heavy atom. The number of carboxylic acid groups (broad SMARTS) is 1. The lowest BCUT2D eigenvalue weighted by atomic mass is 10.1. The Kier molecular flexibility index (Phi) is 5.15. The van der Waals surface area contributed by atoms with E-state index in [0.29, 0.717) is 25.4 Å². The molecule has 0 spiro atoms. The highest BCUT2D eigenvalue weighted by atomic mass is 16.5. The molecule has 1 fully saturated rings. The van der Waals surface area contributed by atoms with E-state index in [1.165, 1.54) is 6.33 Å². The Balaban J connectivity index is 1.93. The number of aromatic amines is 1. The van der Waals surface area contributed by atoms with Crippen LogP contribution in [-0.4, -0.2) is 63.8 Å². The van der Waals surface area contributed by atoms with Gasteiger partial charge in [-0.05, 0) is 6.42 Å². The molecule has 0 aromatic carbocycles. The summed E-state index contributed by atoms with van der Waals surface area (Å²) in [6.45, 7) is 3.42. The van der Waals surface area contributed by atoms with Gasteiger partial charge in [-0.15, -0.1) is 0 Å². The normalized spacial score (nSPS) is 20.0. The van der Waals surface area contributed by atoms with Crippen molar-refractivity contribution in [2.75, 3.05) is 19.7 Å². The lowest BCUT2D eigenvalue weighted by Crippen LogP contribution is -2.53. The Morgan fingerprint density at radius 2 is 2.48 bits per heavy atom. The summed E-state index contributed by atoms with van der Waals surface area (Å²) in [6, 6.07) is -1.36. The predicted molar refractivity (Wildman–Crippen MR) is 73.9 cm³/mol. The molecule has 1 aromatic rings. The zero-order valence-electron chi connectivity index (χ0n) is 11.9. The third kappa shape index (κ3) is 4.19. The van der Waals surface area contributed by atoms with E-state index in [1.807, 2.05) is 6.92 Å². The van der Waals surface area contributed by atoms with Crippen LogP contribution in [0.4, 0.5) is 4.79 Å². The van der Waals surface area contributed by atoms with Crippen molar-refractivity contribution in [2.45, 2.75) is 31.9 Å². The SMILES string of the molecule is CCC1CN(C(=O)NC(Cc2cnc[nH]2)C(=O)O)CCO1. The number of hydrogen-bond acceptors (Lipinski definition) is 4. The number of hydrogen-bond donors (Lipinski definition) is 3. The molecule has 21 heavy (non-hydrogen) atoms. The van der Waals surface area contributed by atoms with Crippen LogP contribution < -0.4 is 5.32 Å². The number of morpholine rings is 1. The first-order valence-electron chi connectivity index (χ1n) is 6.97. The van der Waals surface area contributed by atoms with Crippen LogP contribution in [0, 0.1) is 0 Å². The number of H-pyrrole nitrogens is 1. The highest BCUT2D eigenvalue weighted by molar-refractivity contribution is 5.82. The first-order chi connectivity index (χ1) is 10.1. The minimum Gasteiger partial charge on any atom is -0.480 e. The van der Waals surface area contributed by atoms with E-state index in [2.05, 4.69) is 15.3 Å². The number of carbonyl (C=O) groups excluding carboxylic acids is 1. The van der Waals surface area contributed by atoms with E-state index in [9.17, 15) is 14.7 Å². The maximum Gasteiger partial charge on any atom is 0.326 e. The van der Waals surface area contributed by atoms with Crippen LogP contribution in [0.5, 0.6) is 0 Å². The standard InChI is InChI=1S/C13H20N4O4/c1-2-10-7-17(3-4-21-10)13(20)16-11(12(18)19)5-9-6-14-8-15-9/h6,8,10-11H,2-5,7H2,1H3,(H,14,15)(H,16,20)(H,18,19). The molecule has 1 aliphatic rings. The van der Waals surface area contributed by atoms with E-state index >= 15 is 0 Å². The molecule has 116 valence electrons. The van der Waals surface area contributed by atoms with E-state index in [0.717, 1.165) is 6.42 Å². The molecule has 1 aromatic heterocycles. The predicted octanol–water partition coefficient (Wildman–Crippen LogP) is 0.226. The van der Waals surface area contributed by atoms with Crippen molar-refractivity contribution in [2.24, 2.45) is 0 Å². The molecule has 8 nitrogen and oxygen atoms in total. The van der Waals surface area contributed by atoms with Gasteiger partial charge in [0.2, 0.25) is 0 Å². The lowest BCUT2D eigenvalue weighted by Gasteiger charge is -2.33. The molecule has 0 aliphatic carbocycles. The molecule has 2 amide bonds. The molecule has 2 rings (SSSR count). The van der Waals surface area contributed by atoms with E-state index in [1.54, 1.807) is 11.1 Å². The summed E-state index contributed by atoms with van der Waals surface area (Å²) < 4.78 is 5.49. The highest BCUT2D eigenvalue weighted by Crippen LogP contribution is 2.09. The third-order valence-electron chi connectivity index (χ3n) is 3.46. The van der Waals surface area contributed by atoms with Gasteiger partial charge in [0.05, 0.1) is 19.0 Å². The maximum atomic E-state index is 12.2. The van der Waals surface area contributed by atoms with Crippen LogP contribution in [0.3, 0.4) is 0 Å². The molecule has 2 atom stereocenters. The van der Waals surface area contributed by atoms with Crippen molar-refractivity contribution in [1.29, 1.82) is 0 Å². The summed E-state index contributed by atoms with van der Waals surface area (Å²) in [7, 11) is 0. The maximum absolute atomic E-state index is 12.2. The van der Waals surface area contributed by atoms with Gasteiger partial charge in [-0.1, -0.05) is 6.92 Å². The van der Waals surface area contributed by atoms with Gasteiger partial charge < -0.3 is 25.0 Å². The van der Waals surface area contributed by atoms with Crippen molar-refractivity contribution in [1.82, 2.24) is 20.2 Å². The van der Waals surface area contributed by atoms with E-state index in [4.69, 9.17) is 4.74 Å². The molecule has 1 saturated heterocycles. The lowest BCUT2D eigenvalue weighted by molar-refractivity contribution is -0.139. The van der Waals surface area contributed by atoms with Gasteiger partial charge in [-0.2, -0.15) is 0 Å². The molecule has 0 bridgehead atoms. The van der Waals surface area contributed by atoms with Crippen LogP contribution in [0.15, 0.2) is 12.5 Å². The largest absolute Gasteiger partial charge is 0.480 e. The van der Waals surface area contributed by atoms with Crippen molar-refractivity contribution < 1.29 is 19.4 Å². The fourth-order valence-corrected chi connectivity index (χ4v) is 2.21. The number of carbonyl (C=O) groups is 2. The summed E-state index contributed by atoms with van der Waals surface area (Å²) in [5, 5.41) is 11.8. The number of urea groups is 1. The van der Waals surface area contributed by atoms with Crippen molar-refractivity contribution in [3.8, 4) is 0 Å². The molecule has 8 heteroatoms. The Hall–Kier alpha value is -2.09. The number of amides is 2. The molecule has 3 N–H and O–H groups in total. The van der Waals surface area contributed by atoms with Gasteiger partial charge in [-0.3, -0.25) is 0 Å². The molecule has 0 saturated carbocycles. The zero-order valence-corrected chi connectivity index (χ0v) is 11.9. The number of carboxylic acids is 1. The summed E-state index contributed by atoms with van der Waals surface area (Å²) in [4.78, 5) is 31.7. The number of aliphatic carboxylic acids is 1. The van der Waals surface area contributed by atoms with Gasteiger partial charge in [0.1, 0.15) is 6.04 Å². The number of imidazole rings is 1. The fourth-order valence-electron chi connectivity index (χ4n) is 2.21. The topological polar surface area (TPSA) is 108 Å². The number of nitrogens with zero attached hydrogens (tertiary/aromatic N) is 2. The molecule has 0 radical (unpaired) electrons. The van der Waals surface area contributed by atoms with Crippen LogP contribution in [-0.2, 0) is 16.0 Å². The van der Waals surface area contributed by atoms with Crippen LogP contribution in [0.1, 0.15) is 19.0 Å². The van der Waals surface area contributed by atoms with Crippen LogP contribution in [0.2, 0.25) is 0 Å². The number of ether oxygens (including phenoxy) is 1. The van der Waals surface area contributed by atoms with Crippen LogP contribution >= 0.6 is 0 Å². The van der Waals surface area contributed by atoms with Gasteiger partial charge >= 0.3 is 12.0 Å². The van der Waals surface area contributed by atoms with Gasteiger partial charge in [0.15, 0.2) is 0 Å². The molecule has 1 aliphatic heterocycles. The van der Waals surface area contributed by atoms with E-state index in [-0.39, 0.29) is 18.6 Å². The van der Waals surface area contributed by atoms with Crippen molar-refractivity contribution >= 4 is 12.0 Å². The first kappa shape index (κ1) is 15.3. The van der Waals surface area contributed by atoms with Gasteiger partial charge in [-0.25, -0.2) is 14.6 Å². The minimum atomic E-state index is -1.07. The summed E-state index contributed by atoms with van der Waals surface area (Å²) in [5.41, 5.74) is 0.663. The first-order valence-corrected chi connectivity index (χ1v) is 6.97. The number of aromatic nitrogens is 2. The summed E-state index contributed by atoms with van der Waals surface area (Å²) in [6.07, 6.45) is 4.02. The smallest absolute Gasteiger partial charge is 0.326 e. The Morgan fingerprint density at radius 3 is 3.10 bits per heavy atom. The van der Waals surface area contributed by atoms with Crippen molar-refractivity contribution in [3.63, 3.8) is 0 Å². The molecular formula is C13H20N4O4. The second-order valence-electron chi connectivity index (χ2n) is 4.97. The van der Waals surface area contributed by atoms with Gasteiger partial charge in [0, 0.05) is 31.4 Å². The molecular weight excluding hydrogens is 276 g/mol. The zero-order chi connectivity index (χ0) is 15.2. The van der Waals surface area contributed by atoms with E-state index < -0.39 is 12.0 Å². The monoisotopic (exact) mass is 296 g/mol. The highest BCUT2D eigenvalue weighted by Gasteiger charge is 2.27. The Bertz CT molecular complexity index is 477. The average molecular weight is 296 g/mol.